The molecular formula is C25H17ClN2O3. The third kappa shape index (κ3) is 4.97. The number of carbonyl (C=O) groups is 2. The molecule has 4 aromatic rings. The lowest BCUT2D eigenvalue weighted by atomic mass is 10.0. The molecule has 152 valence electrons. The zero-order valence-electron chi connectivity index (χ0n) is 16.3. The van der Waals surface area contributed by atoms with E-state index in [4.69, 9.17) is 16.3 Å². The number of hydrogen-bond donors (Lipinski definition) is 1. The summed E-state index contributed by atoms with van der Waals surface area (Å²) in [4.78, 5) is 24.8. The van der Waals surface area contributed by atoms with Crippen LogP contribution in [0.4, 0.5) is 0 Å². The fraction of sp³-hybridized carbons (Fsp3) is 0. The average molecular weight is 429 g/mol. The Morgan fingerprint density at radius 2 is 1.65 bits per heavy atom. The zero-order chi connectivity index (χ0) is 21.6. The van der Waals surface area contributed by atoms with Crippen molar-refractivity contribution in [1.29, 1.82) is 0 Å². The quantitative estimate of drug-likeness (QED) is 0.198. The minimum atomic E-state index is -0.444. The first-order chi connectivity index (χ1) is 15.1. The molecule has 0 bridgehead atoms. The van der Waals surface area contributed by atoms with Gasteiger partial charge in [-0.25, -0.2) is 10.2 Å². The van der Waals surface area contributed by atoms with Gasteiger partial charge in [0.2, 0.25) is 0 Å². The van der Waals surface area contributed by atoms with Crippen LogP contribution in [0.2, 0.25) is 5.02 Å². The van der Waals surface area contributed by atoms with Crippen molar-refractivity contribution < 1.29 is 14.3 Å². The summed E-state index contributed by atoms with van der Waals surface area (Å²) in [5.41, 5.74) is 4.00. The zero-order valence-corrected chi connectivity index (χ0v) is 17.0. The van der Waals surface area contributed by atoms with Crippen molar-refractivity contribution in [1.82, 2.24) is 5.43 Å². The number of fused-ring (bicyclic) bond motifs is 1. The van der Waals surface area contributed by atoms with Gasteiger partial charge in [-0.15, -0.1) is 0 Å². The Balaban J connectivity index is 1.45. The smallest absolute Gasteiger partial charge is 0.344 e. The summed E-state index contributed by atoms with van der Waals surface area (Å²) in [5, 5.41) is 6.22. The van der Waals surface area contributed by atoms with E-state index >= 15 is 0 Å². The number of amides is 1. The summed E-state index contributed by atoms with van der Waals surface area (Å²) in [6, 6.07) is 26.6. The molecule has 0 aliphatic heterocycles. The maximum absolute atomic E-state index is 12.7. The van der Waals surface area contributed by atoms with E-state index in [2.05, 4.69) is 10.5 Å². The molecule has 0 fully saturated rings. The average Bonchev–Trinajstić information content (AvgIpc) is 2.79. The van der Waals surface area contributed by atoms with Crippen LogP contribution in [0.5, 0.6) is 5.75 Å². The molecule has 0 saturated heterocycles. The van der Waals surface area contributed by atoms with Gasteiger partial charge in [0.25, 0.3) is 5.91 Å². The van der Waals surface area contributed by atoms with Crippen LogP contribution in [0, 0.1) is 0 Å². The lowest BCUT2D eigenvalue weighted by Crippen LogP contribution is -2.17. The standard InChI is InChI=1S/C25H17ClN2O3/c26-20-10-4-9-19(15-20)24(29)28-27-16-17-6-3-11-21(14-17)31-25(30)23-13-5-8-18-7-1-2-12-22(18)23/h1-16H,(H,28,29)/b27-16-. The highest BCUT2D eigenvalue weighted by Crippen LogP contribution is 2.21. The Bertz CT molecular complexity index is 1300. The van der Waals surface area contributed by atoms with Gasteiger partial charge in [-0.1, -0.05) is 66.2 Å². The van der Waals surface area contributed by atoms with Crippen LogP contribution in [-0.4, -0.2) is 18.1 Å². The summed E-state index contributed by atoms with van der Waals surface area (Å²) in [7, 11) is 0. The molecule has 1 amide bonds. The Morgan fingerprint density at radius 1 is 0.871 bits per heavy atom. The van der Waals surface area contributed by atoms with E-state index in [9.17, 15) is 9.59 Å². The second-order valence-corrected chi connectivity index (χ2v) is 7.13. The van der Waals surface area contributed by atoms with Crippen molar-refractivity contribution in [3.8, 4) is 5.75 Å². The van der Waals surface area contributed by atoms with Crippen molar-refractivity contribution in [2.45, 2.75) is 0 Å². The van der Waals surface area contributed by atoms with Gasteiger partial charge >= 0.3 is 5.97 Å². The van der Waals surface area contributed by atoms with E-state index in [-0.39, 0.29) is 5.91 Å². The van der Waals surface area contributed by atoms with Crippen molar-refractivity contribution >= 4 is 40.5 Å². The van der Waals surface area contributed by atoms with Gasteiger partial charge in [-0.05, 0) is 52.7 Å². The molecule has 0 unspecified atom stereocenters. The van der Waals surface area contributed by atoms with Gasteiger partial charge < -0.3 is 4.74 Å². The van der Waals surface area contributed by atoms with Gasteiger partial charge in [0.1, 0.15) is 5.75 Å². The predicted octanol–water partition coefficient (Wildman–Crippen LogP) is 5.48. The molecular weight excluding hydrogens is 412 g/mol. The minimum Gasteiger partial charge on any atom is -0.423 e. The molecule has 0 aromatic heterocycles. The second kappa shape index (κ2) is 9.24. The molecule has 0 radical (unpaired) electrons. The van der Waals surface area contributed by atoms with Crippen LogP contribution < -0.4 is 10.2 Å². The summed E-state index contributed by atoms with van der Waals surface area (Å²) in [6.07, 6.45) is 1.47. The number of carbonyl (C=O) groups excluding carboxylic acids is 2. The minimum absolute atomic E-state index is 0.378. The van der Waals surface area contributed by atoms with Crippen LogP contribution in [0.25, 0.3) is 10.8 Å². The number of benzene rings is 4. The lowest BCUT2D eigenvalue weighted by molar-refractivity contribution is 0.0736. The van der Waals surface area contributed by atoms with Gasteiger partial charge in [0.15, 0.2) is 0 Å². The third-order valence-electron chi connectivity index (χ3n) is 4.54. The first kappa shape index (κ1) is 20.3. The van der Waals surface area contributed by atoms with Crippen molar-refractivity contribution in [3.05, 3.63) is 113 Å². The molecule has 31 heavy (non-hydrogen) atoms. The number of halogens is 1. The molecule has 5 nitrogen and oxygen atoms in total. The Labute approximate surface area is 183 Å². The highest BCUT2D eigenvalue weighted by atomic mass is 35.5. The molecule has 0 heterocycles. The summed E-state index contributed by atoms with van der Waals surface area (Å²) in [5.74, 6) is -0.444. The van der Waals surface area contributed by atoms with Crippen molar-refractivity contribution in [2.75, 3.05) is 0 Å². The normalized spacial score (nSPS) is 10.9. The van der Waals surface area contributed by atoms with E-state index < -0.39 is 5.97 Å². The number of rotatable bonds is 5. The molecule has 0 spiro atoms. The Kier molecular flexibility index (Phi) is 6.05. The van der Waals surface area contributed by atoms with E-state index in [0.717, 1.165) is 10.8 Å². The number of esters is 1. The molecule has 0 saturated carbocycles. The second-order valence-electron chi connectivity index (χ2n) is 6.70. The molecule has 4 aromatic carbocycles. The van der Waals surface area contributed by atoms with Crippen molar-refractivity contribution in [3.63, 3.8) is 0 Å². The SMILES string of the molecule is O=C(N/N=C\c1cccc(OC(=O)c2cccc3ccccc23)c1)c1cccc(Cl)c1. The molecule has 0 atom stereocenters. The first-order valence-electron chi connectivity index (χ1n) is 9.49. The number of nitrogens with one attached hydrogen (secondary N) is 1. The van der Waals surface area contributed by atoms with Crippen LogP contribution in [0.15, 0.2) is 96.1 Å². The molecule has 1 N–H and O–H groups in total. The van der Waals surface area contributed by atoms with Gasteiger partial charge in [-0.2, -0.15) is 5.10 Å². The Morgan fingerprint density at radius 3 is 2.52 bits per heavy atom. The summed E-state index contributed by atoms with van der Waals surface area (Å²) >= 11 is 5.89. The van der Waals surface area contributed by atoms with E-state index in [1.807, 2.05) is 36.4 Å². The molecule has 0 aliphatic rings. The molecule has 0 aliphatic carbocycles. The number of nitrogens with zero attached hydrogens (tertiary/aromatic N) is 1. The van der Waals surface area contributed by atoms with Gasteiger partial charge in [0.05, 0.1) is 11.8 Å². The van der Waals surface area contributed by atoms with Gasteiger partial charge in [0, 0.05) is 10.6 Å². The Hall–Kier alpha value is -3.96. The maximum Gasteiger partial charge on any atom is 0.344 e. The largest absolute Gasteiger partial charge is 0.423 e. The fourth-order valence-electron chi connectivity index (χ4n) is 3.08. The van der Waals surface area contributed by atoms with Crippen LogP contribution in [0.3, 0.4) is 0 Å². The first-order valence-corrected chi connectivity index (χ1v) is 9.87. The lowest BCUT2D eigenvalue weighted by Gasteiger charge is -2.08. The van der Waals surface area contributed by atoms with E-state index in [1.54, 1.807) is 54.6 Å². The molecule has 4 rings (SSSR count). The topological polar surface area (TPSA) is 67.8 Å². The summed E-state index contributed by atoms with van der Waals surface area (Å²) < 4.78 is 5.56. The predicted molar refractivity (Wildman–Crippen MR) is 122 cm³/mol. The highest BCUT2D eigenvalue weighted by molar-refractivity contribution is 6.31. The van der Waals surface area contributed by atoms with Crippen LogP contribution >= 0.6 is 11.6 Å². The maximum atomic E-state index is 12.7. The highest BCUT2D eigenvalue weighted by Gasteiger charge is 2.12. The number of ether oxygens (including phenoxy) is 1. The van der Waals surface area contributed by atoms with Crippen LogP contribution in [-0.2, 0) is 0 Å². The number of hydrogen-bond acceptors (Lipinski definition) is 4. The monoisotopic (exact) mass is 428 g/mol. The number of hydrazone groups is 1. The molecule has 6 heteroatoms. The third-order valence-corrected chi connectivity index (χ3v) is 4.78. The van der Waals surface area contributed by atoms with Crippen LogP contribution in [0.1, 0.15) is 26.3 Å². The van der Waals surface area contributed by atoms with E-state index in [0.29, 0.717) is 27.5 Å². The fourth-order valence-corrected chi connectivity index (χ4v) is 3.27. The van der Waals surface area contributed by atoms with E-state index in [1.165, 1.54) is 6.21 Å². The van der Waals surface area contributed by atoms with Crippen molar-refractivity contribution in [2.24, 2.45) is 5.10 Å². The summed E-state index contributed by atoms with van der Waals surface area (Å²) in [6.45, 7) is 0. The van der Waals surface area contributed by atoms with Gasteiger partial charge in [-0.3, -0.25) is 4.79 Å².